The van der Waals surface area contributed by atoms with Gasteiger partial charge in [0.1, 0.15) is 0 Å². The summed E-state index contributed by atoms with van der Waals surface area (Å²) in [5.74, 6) is -0.665. The van der Waals surface area contributed by atoms with Crippen LogP contribution in [-0.2, 0) is 26.0 Å². The Labute approximate surface area is 151 Å². The minimum Gasteiger partial charge on any atom is -0.438 e. The van der Waals surface area contributed by atoms with Gasteiger partial charge in [0.15, 0.2) is 6.23 Å². The third kappa shape index (κ3) is 3.92. The predicted molar refractivity (Wildman–Crippen MR) is 93.7 cm³/mol. The Kier molecular flexibility index (Phi) is 5.06. The van der Waals surface area contributed by atoms with Crippen LogP contribution in [0.1, 0.15) is 34.6 Å². The van der Waals surface area contributed by atoms with Crippen molar-refractivity contribution in [1.82, 2.24) is 10.0 Å². The van der Waals surface area contributed by atoms with Crippen molar-refractivity contribution in [2.75, 3.05) is 6.54 Å². The second kappa shape index (κ2) is 7.27. The molecule has 0 aliphatic carbocycles. The van der Waals surface area contributed by atoms with E-state index in [0.717, 1.165) is 5.56 Å². The number of nitrogens with one attached hydrogen (secondary N) is 2. The number of esters is 1. The molecule has 0 spiro atoms. The number of rotatable bonds is 6. The van der Waals surface area contributed by atoms with Crippen LogP contribution in [-0.4, -0.2) is 26.8 Å². The van der Waals surface area contributed by atoms with E-state index in [1.807, 2.05) is 0 Å². The molecule has 2 aromatic rings. The molecule has 2 aromatic carbocycles. The van der Waals surface area contributed by atoms with Gasteiger partial charge in [-0.3, -0.25) is 4.79 Å². The van der Waals surface area contributed by atoms with Gasteiger partial charge in [-0.2, -0.15) is 4.72 Å². The number of ether oxygens (including phenoxy) is 1. The number of amides is 1. The fraction of sp³-hybridized carbons (Fsp3) is 0.222. The Morgan fingerprint density at radius 1 is 1.12 bits per heavy atom. The predicted octanol–water partition coefficient (Wildman–Crippen LogP) is 1.51. The van der Waals surface area contributed by atoms with Gasteiger partial charge in [0.2, 0.25) is 15.9 Å². The summed E-state index contributed by atoms with van der Waals surface area (Å²) < 4.78 is 32.6. The Bertz CT molecular complexity index is 938. The molecule has 1 amide bonds. The van der Waals surface area contributed by atoms with Gasteiger partial charge in [-0.25, -0.2) is 13.2 Å². The third-order valence-corrected chi connectivity index (χ3v) is 5.39. The number of carbonyl (C=O) groups excluding carboxylic acids is 2. The second-order valence-corrected chi connectivity index (χ2v) is 7.58. The van der Waals surface area contributed by atoms with Gasteiger partial charge in [-0.15, -0.1) is 0 Å². The Morgan fingerprint density at radius 2 is 1.81 bits per heavy atom. The van der Waals surface area contributed by atoms with Crippen molar-refractivity contribution in [3.05, 3.63) is 65.2 Å². The van der Waals surface area contributed by atoms with Gasteiger partial charge in [-0.05, 0) is 30.2 Å². The quantitative estimate of drug-likeness (QED) is 0.747. The minimum atomic E-state index is -3.86. The fourth-order valence-electron chi connectivity index (χ4n) is 2.66. The van der Waals surface area contributed by atoms with Crippen molar-refractivity contribution in [1.29, 1.82) is 0 Å². The summed E-state index contributed by atoms with van der Waals surface area (Å²) in [6.45, 7) is 1.92. The van der Waals surface area contributed by atoms with E-state index in [2.05, 4.69) is 10.0 Å². The molecule has 7 nitrogen and oxygen atoms in total. The smallest absolute Gasteiger partial charge is 0.340 e. The van der Waals surface area contributed by atoms with E-state index in [9.17, 15) is 18.0 Å². The molecule has 2 N–H and O–H groups in total. The van der Waals surface area contributed by atoms with Crippen molar-refractivity contribution in [3.8, 4) is 0 Å². The van der Waals surface area contributed by atoms with Gasteiger partial charge in [0.05, 0.1) is 10.5 Å². The highest BCUT2D eigenvalue weighted by atomic mass is 32.2. The van der Waals surface area contributed by atoms with Gasteiger partial charge in [0.25, 0.3) is 0 Å². The lowest BCUT2D eigenvalue weighted by molar-refractivity contribution is -0.118. The zero-order valence-corrected chi connectivity index (χ0v) is 14.9. The highest BCUT2D eigenvalue weighted by molar-refractivity contribution is 7.89. The largest absolute Gasteiger partial charge is 0.438 e. The maximum absolute atomic E-state index is 12.6. The number of benzene rings is 2. The van der Waals surface area contributed by atoms with Crippen LogP contribution in [0.4, 0.5) is 0 Å². The van der Waals surface area contributed by atoms with E-state index in [0.29, 0.717) is 24.1 Å². The molecule has 0 bridgehead atoms. The van der Waals surface area contributed by atoms with Crippen molar-refractivity contribution in [2.45, 2.75) is 24.5 Å². The summed E-state index contributed by atoms with van der Waals surface area (Å²) in [7, 11) is -3.86. The SMILES string of the molecule is CC(=O)NCCc1ccc(S(=O)(=O)N[C@H]2OC(=O)c3ccccc32)cc1. The molecule has 26 heavy (non-hydrogen) atoms. The zero-order valence-electron chi connectivity index (χ0n) is 14.1. The van der Waals surface area contributed by atoms with E-state index in [1.54, 1.807) is 36.4 Å². The van der Waals surface area contributed by atoms with Crippen molar-refractivity contribution in [3.63, 3.8) is 0 Å². The fourth-order valence-corrected chi connectivity index (χ4v) is 3.75. The number of hydrogen-bond donors (Lipinski definition) is 2. The van der Waals surface area contributed by atoms with Crippen molar-refractivity contribution in [2.24, 2.45) is 0 Å². The summed E-state index contributed by atoms with van der Waals surface area (Å²) in [5.41, 5.74) is 1.75. The lowest BCUT2D eigenvalue weighted by Gasteiger charge is -2.13. The molecule has 3 rings (SSSR count). The first-order valence-corrected chi connectivity index (χ1v) is 9.51. The normalized spacial score (nSPS) is 16.0. The standard InChI is InChI=1S/C18H18N2O5S/c1-12(21)19-11-10-13-6-8-14(9-7-13)26(23,24)20-17-15-4-2-3-5-16(15)18(22)25-17/h2-9,17,20H,10-11H2,1H3,(H,19,21)/t17-/m0/s1. The number of sulfonamides is 1. The van der Waals surface area contributed by atoms with E-state index < -0.39 is 22.2 Å². The molecule has 0 saturated heterocycles. The lowest BCUT2D eigenvalue weighted by atomic mass is 10.1. The molecular formula is C18H18N2O5S. The first kappa shape index (κ1) is 18.1. The average Bonchev–Trinajstić information content (AvgIpc) is 2.91. The number of hydrogen-bond acceptors (Lipinski definition) is 5. The maximum Gasteiger partial charge on any atom is 0.340 e. The second-order valence-electron chi connectivity index (χ2n) is 5.87. The highest BCUT2D eigenvalue weighted by Crippen LogP contribution is 2.29. The van der Waals surface area contributed by atoms with Crippen LogP contribution in [0.5, 0.6) is 0 Å². The van der Waals surface area contributed by atoms with Crippen molar-refractivity contribution < 1.29 is 22.7 Å². The molecule has 0 radical (unpaired) electrons. The van der Waals surface area contributed by atoms with Crippen LogP contribution < -0.4 is 10.0 Å². The van der Waals surface area contributed by atoms with Gasteiger partial charge in [-0.1, -0.05) is 30.3 Å². The molecular weight excluding hydrogens is 356 g/mol. The van der Waals surface area contributed by atoms with Crippen LogP contribution in [0.3, 0.4) is 0 Å². The van der Waals surface area contributed by atoms with Gasteiger partial charge >= 0.3 is 5.97 Å². The Morgan fingerprint density at radius 3 is 2.50 bits per heavy atom. The Hall–Kier alpha value is -2.71. The van der Waals surface area contributed by atoms with Gasteiger partial charge < -0.3 is 10.1 Å². The number of cyclic esters (lactones) is 1. The first-order chi connectivity index (χ1) is 12.4. The summed E-state index contributed by atoms with van der Waals surface area (Å²) in [4.78, 5) is 22.7. The maximum atomic E-state index is 12.6. The number of carbonyl (C=O) groups is 2. The van der Waals surface area contributed by atoms with E-state index in [1.165, 1.54) is 19.1 Å². The molecule has 0 unspecified atom stereocenters. The van der Waals surface area contributed by atoms with E-state index in [-0.39, 0.29) is 10.8 Å². The molecule has 1 aliphatic heterocycles. The molecule has 0 saturated carbocycles. The summed E-state index contributed by atoms with van der Waals surface area (Å²) >= 11 is 0. The number of fused-ring (bicyclic) bond motifs is 1. The van der Waals surface area contributed by atoms with E-state index >= 15 is 0 Å². The summed E-state index contributed by atoms with van der Waals surface area (Å²) in [5, 5.41) is 2.68. The molecule has 1 heterocycles. The Balaban J connectivity index is 1.71. The van der Waals surface area contributed by atoms with Gasteiger partial charge in [0, 0.05) is 19.0 Å². The summed E-state index contributed by atoms with van der Waals surface area (Å²) in [6.07, 6.45) is -0.441. The molecule has 0 fully saturated rings. The summed E-state index contributed by atoms with van der Waals surface area (Å²) in [6, 6.07) is 13.0. The van der Waals surface area contributed by atoms with Crippen LogP contribution in [0.2, 0.25) is 0 Å². The van der Waals surface area contributed by atoms with E-state index in [4.69, 9.17) is 4.74 Å². The molecule has 8 heteroatoms. The third-order valence-electron chi connectivity index (χ3n) is 3.97. The van der Waals surface area contributed by atoms with Crippen LogP contribution in [0.25, 0.3) is 0 Å². The van der Waals surface area contributed by atoms with Crippen LogP contribution in [0.15, 0.2) is 53.4 Å². The minimum absolute atomic E-state index is 0.0706. The molecule has 0 aromatic heterocycles. The lowest BCUT2D eigenvalue weighted by Crippen LogP contribution is -2.28. The average molecular weight is 374 g/mol. The van der Waals surface area contributed by atoms with Crippen LogP contribution >= 0.6 is 0 Å². The molecule has 136 valence electrons. The molecule has 1 aliphatic rings. The van der Waals surface area contributed by atoms with Crippen molar-refractivity contribution >= 4 is 21.9 Å². The highest BCUT2D eigenvalue weighted by Gasteiger charge is 2.33. The first-order valence-electron chi connectivity index (χ1n) is 8.02. The van der Waals surface area contributed by atoms with Crippen LogP contribution in [0, 0.1) is 0 Å². The molecule has 1 atom stereocenters. The zero-order chi connectivity index (χ0) is 18.7. The topological polar surface area (TPSA) is 102 Å². The monoisotopic (exact) mass is 374 g/mol.